The molecule has 4 aromatic carbocycles. The maximum Gasteiger partial charge on any atom is 0.416 e. The average Bonchev–Trinajstić information content (AvgIpc) is 2.84. The third-order valence-corrected chi connectivity index (χ3v) is 6.48. The van der Waals surface area contributed by atoms with Crippen LogP contribution in [0.15, 0.2) is 102 Å². The summed E-state index contributed by atoms with van der Waals surface area (Å²) in [5.74, 6) is 0.498. The lowest BCUT2D eigenvalue weighted by atomic mass is 9.93. The Labute approximate surface area is 219 Å². The van der Waals surface area contributed by atoms with Gasteiger partial charge in [-0.15, -0.1) is 0 Å². The minimum absolute atomic E-state index is 0.0842. The Morgan fingerprint density at radius 2 is 1.61 bits per heavy atom. The highest BCUT2D eigenvalue weighted by atomic mass is 79.9. The highest BCUT2D eigenvalue weighted by Crippen LogP contribution is 2.38. The standard InChI is InChI=1S/C29H18BrClF3NO/c30-22-14-21(29(32,33)34)15-24(16-22)36-23-9-4-8-19(13-23)27-20(12-18-6-2-1-3-7-18)17-35-28-25(27)10-5-11-26(28)31/h1-11,13-17H,12H2. The fourth-order valence-electron chi connectivity index (χ4n) is 4.16. The SMILES string of the molecule is FC(F)(F)c1cc(Br)cc(Oc2cccc(-c3c(Cc4ccccc4)cnc4c(Cl)cccc34)c2)c1. The monoisotopic (exact) mass is 567 g/mol. The van der Waals surface area contributed by atoms with Crippen LogP contribution in [0.1, 0.15) is 16.7 Å². The van der Waals surface area contributed by atoms with Crippen LogP contribution in [0.25, 0.3) is 22.0 Å². The quantitative estimate of drug-likeness (QED) is 0.211. The molecule has 0 bridgehead atoms. The first-order valence-corrected chi connectivity index (χ1v) is 12.2. The minimum atomic E-state index is -4.48. The second kappa shape index (κ2) is 9.96. The van der Waals surface area contributed by atoms with Crippen LogP contribution in [-0.2, 0) is 12.6 Å². The van der Waals surface area contributed by atoms with Crippen LogP contribution >= 0.6 is 27.5 Å². The van der Waals surface area contributed by atoms with Gasteiger partial charge in [-0.25, -0.2) is 0 Å². The van der Waals surface area contributed by atoms with Crippen molar-refractivity contribution in [2.75, 3.05) is 0 Å². The molecule has 0 aliphatic rings. The van der Waals surface area contributed by atoms with E-state index >= 15 is 0 Å². The molecule has 0 radical (unpaired) electrons. The third-order valence-electron chi connectivity index (χ3n) is 5.72. The Bertz CT molecular complexity index is 1550. The maximum absolute atomic E-state index is 13.3. The van der Waals surface area contributed by atoms with Crippen molar-refractivity contribution >= 4 is 38.4 Å². The fraction of sp³-hybridized carbons (Fsp3) is 0.0690. The Morgan fingerprint density at radius 3 is 2.39 bits per heavy atom. The molecule has 0 spiro atoms. The number of para-hydroxylation sites is 1. The smallest absolute Gasteiger partial charge is 0.416 e. The summed E-state index contributed by atoms with van der Waals surface area (Å²) >= 11 is 9.60. The predicted molar refractivity (Wildman–Crippen MR) is 141 cm³/mol. The van der Waals surface area contributed by atoms with E-state index in [-0.39, 0.29) is 10.2 Å². The van der Waals surface area contributed by atoms with Gasteiger partial charge in [-0.05, 0) is 65.1 Å². The van der Waals surface area contributed by atoms with Gasteiger partial charge in [0.15, 0.2) is 0 Å². The molecule has 0 aliphatic heterocycles. The van der Waals surface area contributed by atoms with Crippen molar-refractivity contribution < 1.29 is 17.9 Å². The zero-order valence-corrected chi connectivity index (χ0v) is 21.0. The zero-order valence-electron chi connectivity index (χ0n) is 18.7. The van der Waals surface area contributed by atoms with Crippen LogP contribution in [0.5, 0.6) is 11.5 Å². The number of halogens is 5. The lowest BCUT2D eigenvalue weighted by Gasteiger charge is -2.16. The van der Waals surface area contributed by atoms with Crippen LogP contribution in [0.2, 0.25) is 5.02 Å². The van der Waals surface area contributed by atoms with Crippen LogP contribution in [0, 0.1) is 0 Å². The molecule has 0 aliphatic carbocycles. The van der Waals surface area contributed by atoms with E-state index in [9.17, 15) is 13.2 Å². The molecule has 36 heavy (non-hydrogen) atoms. The van der Waals surface area contributed by atoms with Gasteiger partial charge in [0.05, 0.1) is 16.1 Å². The van der Waals surface area contributed by atoms with Gasteiger partial charge in [0.25, 0.3) is 0 Å². The molecule has 0 fully saturated rings. The van der Waals surface area contributed by atoms with E-state index in [1.54, 1.807) is 12.1 Å². The summed E-state index contributed by atoms with van der Waals surface area (Å²) in [7, 11) is 0. The van der Waals surface area contributed by atoms with Gasteiger partial charge < -0.3 is 4.74 Å². The summed E-state index contributed by atoms with van der Waals surface area (Å²) < 4.78 is 46.0. The van der Waals surface area contributed by atoms with Gasteiger partial charge in [0.1, 0.15) is 11.5 Å². The zero-order chi connectivity index (χ0) is 25.3. The van der Waals surface area contributed by atoms with E-state index < -0.39 is 11.7 Å². The van der Waals surface area contributed by atoms with E-state index in [0.717, 1.165) is 39.8 Å². The maximum atomic E-state index is 13.3. The van der Waals surface area contributed by atoms with E-state index in [1.165, 1.54) is 6.07 Å². The summed E-state index contributed by atoms with van der Waals surface area (Å²) in [5, 5.41) is 1.43. The van der Waals surface area contributed by atoms with Gasteiger partial charge in [-0.1, -0.05) is 82.1 Å². The predicted octanol–water partition coefficient (Wildman–Crippen LogP) is 9.72. The molecule has 0 saturated heterocycles. The molecule has 0 N–H and O–H groups in total. The van der Waals surface area contributed by atoms with E-state index in [1.807, 2.05) is 54.7 Å². The second-order valence-electron chi connectivity index (χ2n) is 8.26. The Balaban J connectivity index is 1.60. The first kappa shape index (κ1) is 24.3. The molecule has 0 amide bonds. The van der Waals surface area contributed by atoms with Crippen molar-refractivity contribution in [1.29, 1.82) is 0 Å². The molecule has 2 nitrogen and oxygen atoms in total. The number of alkyl halides is 3. The molecule has 0 atom stereocenters. The van der Waals surface area contributed by atoms with E-state index in [2.05, 4.69) is 33.0 Å². The first-order valence-electron chi connectivity index (χ1n) is 11.0. The summed E-state index contributed by atoms with van der Waals surface area (Å²) in [4.78, 5) is 4.62. The van der Waals surface area contributed by atoms with Crippen LogP contribution < -0.4 is 4.74 Å². The molecule has 5 aromatic rings. The molecule has 1 heterocycles. The number of pyridine rings is 1. The van der Waals surface area contributed by atoms with Crippen LogP contribution in [0.4, 0.5) is 13.2 Å². The molecule has 0 saturated carbocycles. The molecular formula is C29H18BrClF3NO. The second-order valence-corrected chi connectivity index (χ2v) is 9.58. The highest BCUT2D eigenvalue weighted by molar-refractivity contribution is 9.10. The number of aromatic nitrogens is 1. The van der Waals surface area contributed by atoms with Crippen LogP contribution in [0.3, 0.4) is 0 Å². The van der Waals surface area contributed by atoms with E-state index in [0.29, 0.717) is 22.7 Å². The van der Waals surface area contributed by atoms with Gasteiger partial charge in [-0.2, -0.15) is 13.2 Å². The lowest BCUT2D eigenvalue weighted by molar-refractivity contribution is -0.137. The highest BCUT2D eigenvalue weighted by Gasteiger charge is 2.31. The van der Waals surface area contributed by atoms with Gasteiger partial charge >= 0.3 is 6.18 Å². The number of benzene rings is 4. The van der Waals surface area contributed by atoms with Crippen LogP contribution in [-0.4, -0.2) is 4.98 Å². The summed E-state index contributed by atoms with van der Waals surface area (Å²) in [6, 6.07) is 26.5. The Kier molecular flexibility index (Phi) is 6.73. The van der Waals surface area contributed by atoms with Gasteiger partial charge in [-0.3, -0.25) is 4.98 Å². The molecular weight excluding hydrogens is 551 g/mol. The Morgan fingerprint density at radius 1 is 0.833 bits per heavy atom. The lowest BCUT2D eigenvalue weighted by Crippen LogP contribution is -2.05. The number of hydrogen-bond donors (Lipinski definition) is 0. The summed E-state index contributed by atoms with van der Waals surface area (Å²) in [6.07, 6.45) is -2.00. The molecule has 7 heteroatoms. The summed E-state index contributed by atoms with van der Waals surface area (Å²) in [5.41, 5.74) is 3.81. The number of hydrogen-bond acceptors (Lipinski definition) is 2. The topological polar surface area (TPSA) is 22.1 Å². The fourth-order valence-corrected chi connectivity index (χ4v) is 4.85. The largest absolute Gasteiger partial charge is 0.457 e. The molecule has 1 aromatic heterocycles. The van der Waals surface area contributed by atoms with Crippen molar-refractivity contribution in [2.45, 2.75) is 12.6 Å². The normalized spacial score (nSPS) is 11.6. The molecule has 180 valence electrons. The number of nitrogens with zero attached hydrogens (tertiary/aromatic N) is 1. The average molecular weight is 569 g/mol. The minimum Gasteiger partial charge on any atom is -0.457 e. The van der Waals surface area contributed by atoms with Crippen molar-refractivity contribution in [2.24, 2.45) is 0 Å². The first-order chi connectivity index (χ1) is 17.3. The molecule has 5 rings (SSSR count). The van der Waals surface area contributed by atoms with Crippen molar-refractivity contribution in [3.63, 3.8) is 0 Å². The summed E-state index contributed by atoms with van der Waals surface area (Å²) in [6.45, 7) is 0. The number of rotatable bonds is 5. The van der Waals surface area contributed by atoms with Crippen molar-refractivity contribution in [1.82, 2.24) is 4.98 Å². The van der Waals surface area contributed by atoms with E-state index in [4.69, 9.17) is 16.3 Å². The van der Waals surface area contributed by atoms with Crippen molar-refractivity contribution in [3.8, 4) is 22.6 Å². The van der Waals surface area contributed by atoms with Gasteiger partial charge in [0.2, 0.25) is 0 Å². The number of fused-ring (bicyclic) bond motifs is 1. The molecule has 0 unspecified atom stereocenters. The van der Waals surface area contributed by atoms with Crippen molar-refractivity contribution in [3.05, 3.63) is 123 Å². The third kappa shape index (κ3) is 5.25. The Hall–Kier alpha value is -3.35. The number of ether oxygens (including phenoxy) is 1. The van der Waals surface area contributed by atoms with Gasteiger partial charge in [0, 0.05) is 16.1 Å².